The number of nitrogens with one attached hydrogen (secondary N) is 10. The number of carbonyl (C=O) groups is 8. The number of ether oxygens (including phenoxy) is 2. The number of sulfonamides is 1. The van der Waals surface area contributed by atoms with Gasteiger partial charge in [-0.1, -0.05) is 168 Å². The Morgan fingerprint density at radius 2 is 1.22 bits per heavy atom. The number of imidazole rings is 1. The molecule has 3 heterocycles. The minimum absolute atomic E-state index is 0.0227. The van der Waals surface area contributed by atoms with Crippen LogP contribution in [0.3, 0.4) is 0 Å². The molecule has 0 saturated carbocycles. The number of aliphatic carboxylic acids is 1. The van der Waals surface area contributed by atoms with E-state index >= 15 is 19.2 Å². The first-order valence-electron chi connectivity index (χ1n) is 39.2. The number of carboxylic acids is 1. The first-order valence-corrected chi connectivity index (χ1v) is 41.7. The van der Waals surface area contributed by atoms with E-state index in [1.165, 1.54) is 16.7 Å². The van der Waals surface area contributed by atoms with Crippen molar-refractivity contribution in [2.75, 3.05) is 32.4 Å². The molecule has 11 N–H and O–H groups in total. The number of fused-ring (bicyclic) bond motifs is 1. The van der Waals surface area contributed by atoms with Crippen molar-refractivity contribution in [3.05, 3.63) is 214 Å². The predicted octanol–water partition coefficient (Wildman–Crippen LogP) is 8.63. The van der Waals surface area contributed by atoms with Crippen LogP contribution in [0.25, 0.3) is 0 Å². The summed E-state index contributed by atoms with van der Waals surface area (Å²) in [5.41, 5.74) is 4.76. The molecule has 7 atom stereocenters. The number of aromatic nitrogens is 2. The maximum Gasteiger partial charge on any atom is 0.326 e. The van der Waals surface area contributed by atoms with Crippen molar-refractivity contribution >= 4 is 75.1 Å². The lowest BCUT2D eigenvalue weighted by molar-refractivity contribution is -0.145. The summed E-state index contributed by atoms with van der Waals surface area (Å²) in [7, 11) is -2.73. The van der Waals surface area contributed by atoms with E-state index in [0.717, 1.165) is 22.3 Å². The Bertz CT molecular complexity index is 4590. The fourth-order valence-corrected chi connectivity index (χ4v) is 17.1. The van der Waals surface area contributed by atoms with Crippen LogP contribution in [0.5, 0.6) is 11.5 Å². The second-order valence-electron chi connectivity index (χ2n) is 32.5. The number of likely N-dealkylation sites (N-methyl/N-ethyl adjacent to an activating group) is 1. The molecular weight excluding hydrogens is 1500 g/mol. The Hall–Kier alpha value is -10.6. The van der Waals surface area contributed by atoms with Crippen LogP contribution < -0.4 is 56.7 Å². The van der Waals surface area contributed by atoms with Crippen molar-refractivity contribution in [2.45, 2.75) is 216 Å². The molecule has 2 aliphatic heterocycles. The first kappa shape index (κ1) is 88.4. The largest absolute Gasteiger partial charge is 0.488 e. The van der Waals surface area contributed by atoms with E-state index in [1.54, 1.807) is 95.7 Å². The van der Waals surface area contributed by atoms with E-state index in [4.69, 9.17) is 19.9 Å². The molecule has 0 unspecified atom stereocenters. The molecule has 2 aliphatic rings. The van der Waals surface area contributed by atoms with Crippen LogP contribution in [-0.4, -0.2) is 172 Å². The highest BCUT2D eigenvalue weighted by molar-refractivity contribution is 8.00. The van der Waals surface area contributed by atoms with Crippen LogP contribution in [-0.2, 0) is 79.6 Å². The summed E-state index contributed by atoms with van der Waals surface area (Å²) in [6.07, 6.45) is 5.00. The second kappa shape index (κ2) is 38.7. The van der Waals surface area contributed by atoms with Gasteiger partial charge in [-0.15, -0.1) is 0 Å². The summed E-state index contributed by atoms with van der Waals surface area (Å²) in [6, 6.07) is 36.0. The van der Waals surface area contributed by atoms with Crippen LogP contribution in [0.1, 0.15) is 157 Å². The zero-order valence-corrected chi connectivity index (χ0v) is 70.0. The molecule has 0 radical (unpaired) electrons. The van der Waals surface area contributed by atoms with Gasteiger partial charge in [-0.3, -0.25) is 39.0 Å². The normalized spacial score (nSPS) is 15.7. The van der Waals surface area contributed by atoms with Gasteiger partial charge < -0.3 is 66.6 Å². The summed E-state index contributed by atoms with van der Waals surface area (Å²) in [5, 5.41) is 41.8. The number of guanidine groups is 1. The second-order valence-corrected chi connectivity index (χ2v) is 36.0. The number of benzene rings is 6. The zero-order valence-electron chi connectivity index (χ0n) is 68.3. The van der Waals surface area contributed by atoms with Crippen molar-refractivity contribution in [3.8, 4) is 11.5 Å². The molecule has 0 bridgehead atoms. The summed E-state index contributed by atoms with van der Waals surface area (Å²) < 4.78 is 44.4. The maximum atomic E-state index is 15.8. The SMILES string of the molecule is CNCC(=O)N[C@@H](CCCNC(=N)NS(=O)(=O)c1c(C)c(C)c2c(c1C)CCC(C)(C)O2)C(=O)N[C@H](C(=O)N[C@@H](Cc1ccc(OC(C)(C)C)cc1)C(=O)N[C@@H](CSC(C)(C)C)C(=O)N[C@@H](Cc1cn(C(c2ccccc2)(c2ccccc2)c2ccccc2)cn1)C(=O)N1CCC[C@H]1C(=O)N[C@@H](Cc1ccccc1)C(=O)O)C(C)C. The predicted molar refractivity (Wildman–Crippen MR) is 445 cm³/mol. The summed E-state index contributed by atoms with van der Waals surface area (Å²) in [5.74, 6) is -6.35. The highest BCUT2D eigenvalue weighted by Gasteiger charge is 2.44. The summed E-state index contributed by atoms with van der Waals surface area (Å²) in [4.78, 5) is 124. The topological polar surface area (TPSA) is 363 Å². The zero-order chi connectivity index (χ0) is 83.7. The summed E-state index contributed by atoms with van der Waals surface area (Å²) >= 11 is 1.35. The molecule has 26 nitrogen and oxygen atoms in total. The third kappa shape index (κ3) is 23.4. The van der Waals surface area contributed by atoms with Gasteiger partial charge in [0, 0.05) is 49.0 Å². The van der Waals surface area contributed by atoms with Crippen molar-refractivity contribution in [1.29, 1.82) is 5.41 Å². The molecule has 1 fully saturated rings. The van der Waals surface area contributed by atoms with E-state index in [9.17, 15) is 32.7 Å². The van der Waals surface area contributed by atoms with Crippen molar-refractivity contribution in [1.82, 2.24) is 61.7 Å². The minimum Gasteiger partial charge on any atom is -0.488 e. The van der Waals surface area contributed by atoms with Crippen LogP contribution in [0.4, 0.5) is 0 Å². The van der Waals surface area contributed by atoms with Gasteiger partial charge in [0.1, 0.15) is 70.5 Å². The molecule has 7 aromatic rings. The molecular formula is C87H113N13O13S2. The van der Waals surface area contributed by atoms with Gasteiger partial charge in [0.15, 0.2) is 0 Å². The number of thioether (sulfide) groups is 1. The molecule has 0 aliphatic carbocycles. The third-order valence-corrected chi connectivity index (χ3v) is 23.5. The summed E-state index contributed by atoms with van der Waals surface area (Å²) in [6.45, 7) is 24.0. The van der Waals surface area contributed by atoms with Crippen LogP contribution in [0.15, 0.2) is 163 Å². The minimum atomic E-state index is -4.29. The van der Waals surface area contributed by atoms with Gasteiger partial charge in [0.2, 0.25) is 47.3 Å². The smallest absolute Gasteiger partial charge is 0.326 e. The number of carboxylic acid groups (broad SMARTS) is 1. The molecule has 115 heavy (non-hydrogen) atoms. The number of amides is 7. The number of hydrogen-bond acceptors (Lipinski definition) is 16. The number of carbonyl (C=O) groups excluding carboxylic acids is 7. The number of rotatable bonds is 35. The lowest BCUT2D eigenvalue weighted by Crippen LogP contribution is -2.61. The van der Waals surface area contributed by atoms with Crippen molar-refractivity contribution in [2.24, 2.45) is 5.92 Å². The monoisotopic (exact) mass is 1610 g/mol. The molecule has 6 aromatic carbocycles. The first-order chi connectivity index (χ1) is 54.4. The van der Waals surface area contributed by atoms with Crippen LogP contribution in [0.2, 0.25) is 0 Å². The Kier molecular flexibility index (Phi) is 29.7. The molecule has 28 heteroatoms. The van der Waals surface area contributed by atoms with E-state index in [2.05, 4.69) is 47.3 Å². The van der Waals surface area contributed by atoms with Crippen molar-refractivity contribution < 1.29 is 61.4 Å². The molecule has 0 spiro atoms. The van der Waals surface area contributed by atoms with E-state index in [1.807, 2.05) is 164 Å². The lowest BCUT2D eigenvalue weighted by atomic mass is 9.77. The van der Waals surface area contributed by atoms with Gasteiger partial charge in [0.05, 0.1) is 23.5 Å². The lowest BCUT2D eigenvalue weighted by Gasteiger charge is -2.37. The molecule has 9 rings (SSSR count). The average molecular weight is 1610 g/mol. The van der Waals surface area contributed by atoms with Gasteiger partial charge in [0.25, 0.3) is 10.0 Å². The van der Waals surface area contributed by atoms with Crippen LogP contribution in [0, 0.1) is 32.1 Å². The van der Waals surface area contributed by atoms with E-state index in [-0.39, 0.29) is 68.8 Å². The fourth-order valence-electron chi connectivity index (χ4n) is 14.6. The Balaban J connectivity index is 0.998. The van der Waals surface area contributed by atoms with E-state index < -0.39 is 133 Å². The molecule has 1 saturated heterocycles. The van der Waals surface area contributed by atoms with Gasteiger partial charge >= 0.3 is 5.97 Å². The number of likely N-dealkylation sites (tertiary alicyclic amines) is 1. The number of hydrogen-bond donors (Lipinski definition) is 11. The standard InChI is InChI=1S/C87H113N13O13S2/c1-54(2)73(97-76(102)66(92-72(101)50-89-14)37-27-45-90-83(88)98-115(110,111)75-56(4)55(3)74-65(57(75)5)43-44-86(12,13)113-74)80(106)93-67(47-59-39-41-64(42-40-59)112-84(6,7)8)77(103)96-70(52-114-85(9,10)11)78(104)94-68(81(107)100-46-28-38-71(100)79(105)95-69(82(108)109)48-58-29-19-15-20-30-58)49-63-51-99(53-91-63)87(60-31-21-16-22-32-60,61-33-23-17-24-34-61)62-35-25-18-26-36-62/h15-26,29-36,39-42,51,53-54,66-71,73,89H,27-28,37-38,43-50,52H2,1-14H3,(H,92,101)(H,93,106)(H,94,104)(H,95,105)(H,96,103)(H,97,102)(H,108,109)(H3,88,90,98)/t66-,67-,68-,69-,70-,71-,73-/m0/s1. The molecule has 7 amide bonds. The maximum absolute atomic E-state index is 15.8. The highest BCUT2D eigenvalue weighted by Crippen LogP contribution is 2.44. The van der Waals surface area contributed by atoms with Gasteiger partial charge in [-0.05, 0) is 169 Å². The fraction of sp³-hybridized carbons (Fsp3) is 0.448. The number of nitrogens with zero attached hydrogens (tertiary/aromatic N) is 3. The van der Waals surface area contributed by atoms with Crippen LogP contribution >= 0.6 is 11.8 Å². The quantitative estimate of drug-likeness (QED) is 0.00766. The third-order valence-electron chi connectivity index (χ3n) is 20.5. The van der Waals surface area contributed by atoms with Crippen molar-refractivity contribution in [3.63, 3.8) is 0 Å². The Morgan fingerprint density at radius 3 is 1.78 bits per heavy atom. The van der Waals surface area contributed by atoms with Gasteiger partial charge in [-0.2, -0.15) is 11.8 Å². The van der Waals surface area contributed by atoms with Gasteiger partial charge in [-0.25, -0.2) is 22.9 Å². The molecule has 1 aromatic heterocycles. The highest BCUT2D eigenvalue weighted by atomic mass is 32.2. The Labute approximate surface area is 680 Å². The molecule has 616 valence electrons. The van der Waals surface area contributed by atoms with E-state index in [0.29, 0.717) is 64.3 Å². The average Bonchev–Trinajstić information content (AvgIpc) is 1.74. The Morgan fingerprint density at radius 1 is 0.670 bits per heavy atom.